The van der Waals surface area contributed by atoms with E-state index in [9.17, 15) is 18.0 Å². The van der Waals surface area contributed by atoms with Crippen LogP contribution in [0.4, 0.5) is 24.5 Å². The zero-order valence-corrected chi connectivity index (χ0v) is 13.9. The number of nitriles is 1. The Kier molecular flexibility index (Phi) is 6.07. The zero-order valence-electron chi connectivity index (χ0n) is 13.9. The number of carbonyl (C=O) groups excluding carboxylic acids is 1. The quantitative estimate of drug-likeness (QED) is 0.817. The van der Waals surface area contributed by atoms with Gasteiger partial charge in [0, 0.05) is 5.69 Å². The Morgan fingerprint density at radius 2 is 2.00 bits per heavy atom. The molecule has 0 spiro atoms. The number of nitrogens with one attached hydrogen (secondary N) is 2. The standard InChI is InChI=1S/C18H16F3N3O2/c1-12-5-6-15(16(7-12)26-11-18(19,20)21)23-10-17(25)24-14-4-2-3-13(8-14)9-22/h2-8,23H,10-11H2,1H3,(H,24,25). The second kappa shape index (κ2) is 8.25. The predicted octanol–water partition coefficient (Wildman–Crippen LogP) is 3.86. The van der Waals surface area contributed by atoms with Crippen LogP contribution in [-0.4, -0.2) is 25.2 Å². The first-order valence-corrected chi connectivity index (χ1v) is 7.61. The molecule has 136 valence electrons. The summed E-state index contributed by atoms with van der Waals surface area (Å²) in [5.41, 5.74) is 1.86. The summed E-state index contributed by atoms with van der Waals surface area (Å²) in [6.45, 7) is 0.125. The van der Waals surface area contributed by atoms with Crippen molar-refractivity contribution in [2.45, 2.75) is 13.1 Å². The molecule has 5 nitrogen and oxygen atoms in total. The van der Waals surface area contributed by atoms with Gasteiger partial charge in [0.15, 0.2) is 6.61 Å². The van der Waals surface area contributed by atoms with E-state index in [2.05, 4.69) is 10.6 Å². The van der Waals surface area contributed by atoms with E-state index >= 15 is 0 Å². The number of anilines is 2. The molecule has 0 aliphatic rings. The van der Waals surface area contributed by atoms with Crippen LogP contribution in [0.3, 0.4) is 0 Å². The molecule has 0 aliphatic heterocycles. The van der Waals surface area contributed by atoms with Crippen molar-refractivity contribution in [2.24, 2.45) is 0 Å². The second-order valence-corrected chi connectivity index (χ2v) is 5.50. The number of rotatable bonds is 6. The number of ether oxygens (including phenoxy) is 1. The average Bonchev–Trinajstić information content (AvgIpc) is 2.58. The maximum absolute atomic E-state index is 12.4. The van der Waals surface area contributed by atoms with Gasteiger partial charge in [0.1, 0.15) is 5.75 Å². The Hall–Kier alpha value is -3.21. The fourth-order valence-corrected chi connectivity index (χ4v) is 2.10. The molecule has 0 aromatic heterocycles. The van der Waals surface area contributed by atoms with Crippen molar-refractivity contribution in [3.63, 3.8) is 0 Å². The van der Waals surface area contributed by atoms with Crippen molar-refractivity contribution in [2.75, 3.05) is 23.8 Å². The Morgan fingerprint density at radius 1 is 1.23 bits per heavy atom. The number of hydrogen-bond acceptors (Lipinski definition) is 4. The van der Waals surface area contributed by atoms with E-state index in [-0.39, 0.29) is 18.0 Å². The zero-order chi connectivity index (χ0) is 19.2. The summed E-state index contributed by atoms with van der Waals surface area (Å²) in [6.07, 6.45) is -4.45. The van der Waals surface area contributed by atoms with Gasteiger partial charge in [-0.05, 0) is 42.8 Å². The van der Waals surface area contributed by atoms with Crippen LogP contribution in [0, 0.1) is 18.3 Å². The molecule has 0 unspecified atom stereocenters. The van der Waals surface area contributed by atoms with Gasteiger partial charge in [0.05, 0.1) is 23.9 Å². The Labute approximate surface area is 148 Å². The number of carbonyl (C=O) groups is 1. The van der Waals surface area contributed by atoms with Crippen LogP contribution in [0.5, 0.6) is 5.75 Å². The highest BCUT2D eigenvalue weighted by Crippen LogP contribution is 2.27. The van der Waals surface area contributed by atoms with Gasteiger partial charge in [-0.1, -0.05) is 12.1 Å². The maximum atomic E-state index is 12.4. The minimum atomic E-state index is -4.45. The van der Waals surface area contributed by atoms with Crippen molar-refractivity contribution in [1.82, 2.24) is 0 Å². The van der Waals surface area contributed by atoms with Crippen LogP contribution in [0.15, 0.2) is 42.5 Å². The lowest BCUT2D eigenvalue weighted by atomic mass is 10.2. The van der Waals surface area contributed by atoms with Crippen molar-refractivity contribution < 1.29 is 22.7 Å². The molecule has 2 rings (SSSR count). The van der Waals surface area contributed by atoms with Gasteiger partial charge in [-0.25, -0.2) is 0 Å². The van der Waals surface area contributed by atoms with Gasteiger partial charge < -0.3 is 15.4 Å². The van der Waals surface area contributed by atoms with Gasteiger partial charge in [0.2, 0.25) is 5.91 Å². The third kappa shape index (κ3) is 6.02. The van der Waals surface area contributed by atoms with Crippen molar-refractivity contribution >= 4 is 17.3 Å². The molecule has 2 N–H and O–H groups in total. The highest BCUT2D eigenvalue weighted by atomic mass is 19.4. The van der Waals surface area contributed by atoms with Gasteiger partial charge in [-0.2, -0.15) is 18.4 Å². The second-order valence-electron chi connectivity index (χ2n) is 5.50. The number of aryl methyl sites for hydroxylation is 1. The molecule has 8 heteroatoms. The molecule has 0 saturated heterocycles. The summed E-state index contributed by atoms with van der Waals surface area (Å²) in [6, 6.07) is 13.0. The summed E-state index contributed by atoms with van der Waals surface area (Å²) in [4.78, 5) is 12.0. The highest BCUT2D eigenvalue weighted by Gasteiger charge is 2.28. The van der Waals surface area contributed by atoms with Crippen LogP contribution in [0.2, 0.25) is 0 Å². The number of halogens is 3. The van der Waals surface area contributed by atoms with Crippen LogP contribution < -0.4 is 15.4 Å². The molecule has 0 atom stereocenters. The number of nitrogens with zero attached hydrogens (tertiary/aromatic N) is 1. The smallest absolute Gasteiger partial charge is 0.422 e. The van der Waals surface area contributed by atoms with Gasteiger partial charge in [-0.3, -0.25) is 4.79 Å². The summed E-state index contributed by atoms with van der Waals surface area (Å²) < 4.78 is 41.9. The molecular weight excluding hydrogens is 347 g/mol. The number of hydrogen-bond donors (Lipinski definition) is 2. The monoisotopic (exact) mass is 363 g/mol. The molecule has 0 fully saturated rings. The molecular formula is C18H16F3N3O2. The lowest BCUT2D eigenvalue weighted by molar-refractivity contribution is -0.153. The highest BCUT2D eigenvalue weighted by molar-refractivity contribution is 5.94. The van der Waals surface area contributed by atoms with Gasteiger partial charge >= 0.3 is 6.18 Å². The van der Waals surface area contributed by atoms with Crippen LogP contribution >= 0.6 is 0 Å². The van der Waals surface area contributed by atoms with E-state index in [1.54, 1.807) is 37.3 Å². The molecule has 0 heterocycles. The molecule has 0 aliphatic carbocycles. The SMILES string of the molecule is Cc1ccc(NCC(=O)Nc2cccc(C#N)c2)c(OCC(F)(F)F)c1. The molecule has 0 bridgehead atoms. The largest absolute Gasteiger partial charge is 0.482 e. The van der Waals surface area contributed by atoms with Crippen LogP contribution in [0.25, 0.3) is 0 Å². The molecule has 2 aromatic carbocycles. The lowest BCUT2D eigenvalue weighted by Gasteiger charge is -2.15. The number of benzene rings is 2. The topological polar surface area (TPSA) is 74.2 Å². The minimum absolute atomic E-state index is 0.0154. The molecule has 1 amide bonds. The molecule has 2 aromatic rings. The van der Waals surface area contributed by atoms with Crippen molar-refractivity contribution in [3.05, 3.63) is 53.6 Å². The van der Waals surface area contributed by atoms with Crippen LogP contribution in [-0.2, 0) is 4.79 Å². The van der Waals surface area contributed by atoms with E-state index < -0.39 is 18.7 Å². The first kappa shape index (κ1) is 19.1. The first-order valence-electron chi connectivity index (χ1n) is 7.61. The summed E-state index contributed by atoms with van der Waals surface area (Å²) in [7, 11) is 0. The minimum Gasteiger partial charge on any atom is -0.482 e. The van der Waals surface area contributed by atoms with E-state index in [0.717, 1.165) is 5.56 Å². The van der Waals surface area contributed by atoms with Crippen molar-refractivity contribution in [3.8, 4) is 11.8 Å². The normalized spacial score (nSPS) is 10.7. The van der Waals surface area contributed by atoms with Crippen LogP contribution in [0.1, 0.15) is 11.1 Å². The fourth-order valence-electron chi connectivity index (χ4n) is 2.10. The molecule has 26 heavy (non-hydrogen) atoms. The molecule has 0 radical (unpaired) electrons. The summed E-state index contributed by atoms with van der Waals surface area (Å²) in [5, 5.41) is 14.2. The lowest BCUT2D eigenvalue weighted by Crippen LogP contribution is -2.23. The first-order chi connectivity index (χ1) is 12.3. The third-order valence-electron chi connectivity index (χ3n) is 3.24. The third-order valence-corrected chi connectivity index (χ3v) is 3.24. The maximum Gasteiger partial charge on any atom is 0.422 e. The fraction of sp³-hybridized carbons (Fsp3) is 0.222. The predicted molar refractivity (Wildman–Crippen MR) is 91.0 cm³/mol. The Balaban J connectivity index is 1.99. The number of alkyl halides is 3. The molecule has 0 saturated carbocycles. The Bertz CT molecular complexity index is 829. The van der Waals surface area contributed by atoms with E-state index in [4.69, 9.17) is 10.00 Å². The number of amides is 1. The van der Waals surface area contributed by atoms with Gasteiger partial charge in [0.25, 0.3) is 0 Å². The Morgan fingerprint density at radius 3 is 2.69 bits per heavy atom. The van der Waals surface area contributed by atoms with E-state index in [1.165, 1.54) is 12.1 Å². The van der Waals surface area contributed by atoms with Gasteiger partial charge in [-0.15, -0.1) is 0 Å². The van der Waals surface area contributed by atoms with E-state index in [1.807, 2.05) is 6.07 Å². The average molecular weight is 363 g/mol. The van der Waals surface area contributed by atoms with E-state index in [0.29, 0.717) is 11.3 Å². The summed E-state index contributed by atoms with van der Waals surface area (Å²) in [5.74, 6) is -0.399. The van der Waals surface area contributed by atoms with Crippen molar-refractivity contribution in [1.29, 1.82) is 5.26 Å². The summed E-state index contributed by atoms with van der Waals surface area (Å²) >= 11 is 0.